The van der Waals surface area contributed by atoms with Gasteiger partial charge in [-0.05, 0) is 37.5 Å². The Labute approximate surface area is 218 Å². The number of carbonyl (C=O) groups excluding carboxylic acids is 2. The van der Waals surface area contributed by atoms with Gasteiger partial charge < -0.3 is 10.2 Å². The predicted octanol–water partition coefficient (Wildman–Crippen LogP) is 5.92. The summed E-state index contributed by atoms with van der Waals surface area (Å²) in [7, 11) is 0. The molecule has 0 aliphatic rings. The number of thioether (sulfide) groups is 1. The fraction of sp³-hybridized carbons (Fsp3) is 0.333. The Morgan fingerprint density at radius 3 is 2.28 bits per heavy atom. The number of hydrogen-bond acceptors (Lipinski definition) is 3. The van der Waals surface area contributed by atoms with Crippen LogP contribution in [0.1, 0.15) is 42.5 Å². The van der Waals surface area contributed by atoms with E-state index >= 15 is 0 Å². The standard InChI is InChI=1S/C30H35FN2O2S/c1-4-23(3)32-30(35)28(18-24-10-6-5-7-11-24)33(19-26-12-8-9-13-27(26)31)29(34)21-36-20-25-16-14-22(2)15-17-25/h5-17,23,28H,4,18-21H2,1-3H3,(H,32,35)/t23-,28+/m0/s1. The molecule has 0 aromatic heterocycles. The first-order chi connectivity index (χ1) is 17.4. The van der Waals surface area contributed by atoms with Crippen molar-refractivity contribution in [2.45, 2.75) is 58.0 Å². The summed E-state index contributed by atoms with van der Waals surface area (Å²) in [5.74, 6) is 0.0899. The van der Waals surface area contributed by atoms with E-state index in [4.69, 9.17) is 0 Å². The van der Waals surface area contributed by atoms with Gasteiger partial charge in [-0.2, -0.15) is 0 Å². The lowest BCUT2D eigenvalue weighted by Crippen LogP contribution is -2.52. The topological polar surface area (TPSA) is 49.4 Å². The first-order valence-electron chi connectivity index (χ1n) is 12.4. The molecule has 0 heterocycles. The average molecular weight is 507 g/mol. The number of nitrogens with zero attached hydrogens (tertiary/aromatic N) is 1. The number of halogens is 1. The molecule has 0 unspecified atom stereocenters. The van der Waals surface area contributed by atoms with Crippen molar-refractivity contribution in [1.82, 2.24) is 10.2 Å². The zero-order valence-electron chi connectivity index (χ0n) is 21.2. The molecule has 6 heteroatoms. The van der Waals surface area contributed by atoms with Crippen molar-refractivity contribution in [2.75, 3.05) is 5.75 Å². The highest BCUT2D eigenvalue weighted by molar-refractivity contribution is 7.99. The van der Waals surface area contributed by atoms with Gasteiger partial charge in [0.05, 0.1) is 5.75 Å². The van der Waals surface area contributed by atoms with Gasteiger partial charge in [0.1, 0.15) is 11.9 Å². The molecule has 0 aliphatic carbocycles. The number of rotatable bonds is 12. The Morgan fingerprint density at radius 2 is 1.61 bits per heavy atom. The number of nitrogens with one attached hydrogen (secondary N) is 1. The van der Waals surface area contributed by atoms with Gasteiger partial charge in [0.2, 0.25) is 11.8 Å². The maximum Gasteiger partial charge on any atom is 0.243 e. The minimum Gasteiger partial charge on any atom is -0.352 e. The number of hydrogen-bond donors (Lipinski definition) is 1. The monoisotopic (exact) mass is 506 g/mol. The molecule has 0 saturated heterocycles. The van der Waals surface area contributed by atoms with Gasteiger partial charge in [-0.1, -0.05) is 85.3 Å². The molecule has 1 N–H and O–H groups in total. The molecule has 0 spiro atoms. The Kier molecular flexibility index (Phi) is 10.6. The van der Waals surface area contributed by atoms with Crippen LogP contribution in [0.4, 0.5) is 4.39 Å². The van der Waals surface area contributed by atoms with Gasteiger partial charge in [-0.3, -0.25) is 9.59 Å². The summed E-state index contributed by atoms with van der Waals surface area (Å²) < 4.78 is 14.6. The van der Waals surface area contributed by atoms with Crippen molar-refractivity contribution < 1.29 is 14.0 Å². The van der Waals surface area contributed by atoms with Crippen molar-refractivity contribution in [3.63, 3.8) is 0 Å². The highest BCUT2D eigenvalue weighted by Gasteiger charge is 2.31. The van der Waals surface area contributed by atoms with Crippen LogP contribution >= 0.6 is 11.8 Å². The van der Waals surface area contributed by atoms with Crippen LogP contribution in [0.15, 0.2) is 78.9 Å². The van der Waals surface area contributed by atoms with E-state index in [1.165, 1.54) is 23.4 Å². The second-order valence-electron chi connectivity index (χ2n) is 9.11. The van der Waals surface area contributed by atoms with Crippen LogP contribution in [0.3, 0.4) is 0 Å². The second-order valence-corrected chi connectivity index (χ2v) is 10.1. The summed E-state index contributed by atoms with van der Waals surface area (Å²) in [5, 5.41) is 3.04. The third-order valence-corrected chi connectivity index (χ3v) is 7.17. The molecule has 3 aromatic carbocycles. The van der Waals surface area contributed by atoms with E-state index in [1.807, 2.05) is 51.1 Å². The summed E-state index contributed by atoms with van der Waals surface area (Å²) in [5.41, 5.74) is 3.66. The lowest BCUT2D eigenvalue weighted by atomic mass is 10.0. The van der Waals surface area contributed by atoms with Crippen molar-refractivity contribution in [3.05, 3.63) is 107 Å². The molecule has 0 radical (unpaired) electrons. The summed E-state index contributed by atoms with van der Waals surface area (Å²) >= 11 is 1.50. The number of carbonyl (C=O) groups is 2. The second kappa shape index (κ2) is 13.8. The number of amides is 2. The van der Waals surface area contributed by atoms with Crippen LogP contribution in [0.25, 0.3) is 0 Å². The lowest BCUT2D eigenvalue weighted by Gasteiger charge is -2.32. The summed E-state index contributed by atoms with van der Waals surface area (Å²) in [6.45, 7) is 6.01. The summed E-state index contributed by atoms with van der Waals surface area (Å²) in [4.78, 5) is 28.6. The molecule has 0 fully saturated rings. The SMILES string of the molecule is CC[C@H](C)NC(=O)[C@@H](Cc1ccccc1)N(Cc1ccccc1F)C(=O)CSCc1ccc(C)cc1. The molecule has 4 nitrogen and oxygen atoms in total. The molecular formula is C30H35FN2O2S. The van der Waals surface area contributed by atoms with Crippen molar-refractivity contribution >= 4 is 23.6 Å². The maximum atomic E-state index is 14.6. The quantitative estimate of drug-likeness (QED) is 0.332. The Hall–Kier alpha value is -3.12. The molecule has 0 bridgehead atoms. The number of aryl methyl sites for hydroxylation is 1. The number of benzene rings is 3. The maximum absolute atomic E-state index is 14.6. The highest BCUT2D eigenvalue weighted by Crippen LogP contribution is 2.20. The first-order valence-corrected chi connectivity index (χ1v) is 13.5. The van der Waals surface area contributed by atoms with Gasteiger partial charge in [0.15, 0.2) is 0 Å². The zero-order chi connectivity index (χ0) is 25.9. The van der Waals surface area contributed by atoms with Gasteiger partial charge in [-0.25, -0.2) is 4.39 Å². The summed E-state index contributed by atoms with van der Waals surface area (Å²) in [6.07, 6.45) is 1.13. The van der Waals surface area contributed by atoms with E-state index in [1.54, 1.807) is 23.1 Å². The van der Waals surface area contributed by atoms with Crippen LogP contribution in [-0.4, -0.2) is 34.6 Å². The molecule has 2 amide bonds. The average Bonchev–Trinajstić information content (AvgIpc) is 2.88. The lowest BCUT2D eigenvalue weighted by molar-refractivity contribution is -0.139. The minimum absolute atomic E-state index is 0.0298. The third kappa shape index (κ3) is 8.23. The van der Waals surface area contributed by atoms with Crippen molar-refractivity contribution in [3.8, 4) is 0 Å². The van der Waals surface area contributed by atoms with Gasteiger partial charge in [0, 0.05) is 30.3 Å². The van der Waals surface area contributed by atoms with E-state index in [-0.39, 0.29) is 36.0 Å². The van der Waals surface area contributed by atoms with Gasteiger partial charge in [-0.15, -0.1) is 11.8 Å². The zero-order valence-corrected chi connectivity index (χ0v) is 22.1. The molecule has 2 atom stereocenters. The van der Waals surface area contributed by atoms with Crippen molar-refractivity contribution in [1.29, 1.82) is 0 Å². The van der Waals surface area contributed by atoms with E-state index in [0.717, 1.165) is 17.5 Å². The van der Waals surface area contributed by atoms with E-state index < -0.39 is 6.04 Å². The molecule has 36 heavy (non-hydrogen) atoms. The normalized spacial score (nSPS) is 12.6. The van der Waals surface area contributed by atoms with E-state index in [9.17, 15) is 14.0 Å². The van der Waals surface area contributed by atoms with Crippen molar-refractivity contribution in [2.24, 2.45) is 0 Å². The smallest absolute Gasteiger partial charge is 0.243 e. The molecule has 0 aliphatic heterocycles. The molecule has 3 aromatic rings. The van der Waals surface area contributed by atoms with E-state index in [0.29, 0.717) is 17.7 Å². The Morgan fingerprint density at radius 1 is 0.944 bits per heavy atom. The highest BCUT2D eigenvalue weighted by atomic mass is 32.2. The molecule has 190 valence electrons. The Balaban J connectivity index is 1.86. The van der Waals surface area contributed by atoms with Crippen LogP contribution in [0, 0.1) is 12.7 Å². The third-order valence-electron chi connectivity index (χ3n) is 6.19. The molecule has 0 saturated carbocycles. The van der Waals surface area contributed by atoms with Gasteiger partial charge in [0.25, 0.3) is 0 Å². The fourth-order valence-electron chi connectivity index (χ4n) is 3.83. The van der Waals surface area contributed by atoms with Crippen LogP contribution in [-0.2, 0) is 28.3 Å². The van der Waals surface area contributed by atoms with E-state index in [2.05, 4.69) is 29.6 Å². The molecular weight excluding hydrogens is 471 g/mol. The predicted molar refractivity (Wildman–Crippen MR) is 146 cm³/mol. The van der Waals surface area contributed by atoms with Crippen LogP contribution < -0.4 is 5.32 Å². The minimum atomic E-state index is -0.756. The molecule has 3 rings (SSSR count). The van der Waals surface area contributed by atoms with Crippen LogP contribution in [0.2, 0.25) is 0 Å². The fourth-order valence-corrected chi connectivity index (χ4v) is 4.70. The largest absolute Gasteiger partial charge is 0.352 e. The van der Waals surface area contributed by atoms with Crippen LogP contribution in [0.5, 0.6) is 0 Å². The summed E-state index contributed by atoms with van der Waals surface area (Å²) in [6, 6.07) is 23.5. The van der Waals surface area contributed by atoms with Gasteiger partial charge >= 0.3 is 0 Å². The Bertz CT molecular complexity index is 1120. The first kappa shape index (κ1) is 27.5.